The fourth-order valence-corrected chi connectivity index (χ4v) is 3.57. The summed E-state index contributed by atoms with van der Waals surface area (Å²) in [6, 6.07) is 0. The van der Waals surface area contributed by atoms with Crippen molar-refractivity contribution in [3.05, 3.63) is 23.3 Å². The molecule has 0 atom stereocenters. The number of rotatable bonds is 3. The highest BCUT2D eigenvalue weighted by atomic mass is 14.9. The normalized spacial score (nSPS) is 27.0. The second-order valence-electron chi connectivity index (χ2n) is 6.13. The number of nitrogens with one attached hydrogen (secondary N) is 1. The maximum absolute atomic E-state index is 4.86. The molecule has 0 saturated heterocycles. The van der Waals surface area contributed by atoms with E-state index in [2.05, 4.69) is 23.4 Å². The molecule has 1 aliphatic heterocycles. The van der Waals surface area contributed by atoms with Gasteiger partial charge in [0.2, 0.25) is 0 Å². The minimum Gasteiger partial charge on any atom is -0.312 e. The lowest BCUT2D eigenvalue weighted by molar-refractivity contribution is 0.301. The molecule has 2 heterocycles. The van der Waals surface area contributed by atoms with Crippen LogP contribution in [-0.4, -0.2) is 16.5 Å². The molecular formula is C16H25N3. The minimum absolute atomic E-state index is 0.619. The van der Waals surface area contributed by atoms with Gasteiger partial charge in [-0.25, -0.2) is 9.97 Å². The summed E-state index contributed by atoms with van der Waals surface area (Å²) in [5.74, 6) is 2.70. The van der Waals surface area contributed by atoms with Gasteiger partial charge in [-0.3, -0.25) is 0 Å². The van der Waals surface area contributed by atoms with Crippen molar-refractivity contribution in [1.29, 1.82) is 0 Å². The van der Waals surface area contributed by atoms with Crippen LogP contribution in [0.1, 0.15) is 68.4 Å². The molecule has 0 unspecified atom stereocenters. The van der Waals surface area contributed by atoms with Gasteiger partial charge in [-0.15, -0.1) is 0 Å². The molecule has 1 aliphatic carbocycles. The van der Waals surface area contributed by atoms with Crippen molar-refractivity contribution in [2.24, 2.45) is 5.92 Å². The summed E-state index contributed by atoms with van der Waals surface area (Å²) >= 11 is 0. The topological polar surface area (TPSA) is 37.8 Å². The maximum atomic E-state index is 4.86. The third kappa shape index (κ3) is 2.97. The Balaban J connectivity index is 1.66. The van der Waals surface area contributed by atoms with E-state index in [0.717, 1.165) is 31.3 Å². The zero-order valence-corrected chi connectivity index (χ0v) is 12.0. The van der Waals surface area contributed by atoms with E-state index in [1.165, 1.54) is 49.8 Å². The highest BCUT2D eigenvalue weighted by Gasteiger charge is 2.24. The molecule has 1 aromatic heterocycles. The van der Waals surface area contributed by atoms with Crippen molar-refractivity contribution in [2.75, 3.05) is 6.54 Å². The van der Waals surface area contributed by atoms with Gasteiger partial charge >= 0.3 is 0 Å². The van der Waals surface area contributed by atoms with Gasteiger partial charge in [0.15, 0.2) is 0 Å². The van der Waals surface area contributed by atoms with E-state index in [1.807, 2.05) is 0 Å². The first kappa shape index (κ1) is 13.0. The minimum atomic E-state index is 0.619. The van der Waals surface area contributed by atoms with Crippen LogP contribution in [0, 0.1) is 5.92 Å². The van der Waals surface area contributed by atoms with Gasteiger partial charge in [-0.1, -0.05) is 19.8 Å². The molecule has 1 fully saturated rings. The standard InChI is InChI=1S/C16H25N3/c1-2-3-12-4-6-13(7-5-12)16-18-11-14-10-17-9-8-15(14)19-16/h11-13,17H,2-10H2,1H3. The summed E-state index contributed by atoms with van der Waals surface area (Å²) in [4.78, 5) is 9.49. The van der Waals surface area contributed by atoms with E-state index in [9.17, 15) is 0 Å². The van der Waals surface area contributed by atoms with E-state index < -0.39 is 0 Å². The average molecular weight is 259 g/mol. The fourth-order valence-electron chi connectivity index (χ4n) is 3.57. The Bertz CT molecular complexity index is 422. The first-order valence-electron chi connectivity index (χ1n) is 7.92. The van der Waals surface area contributed by atoms with Crippen molar-refractivity contribution < 1.29 is 0 Å². The second-order valence-corrected chi connectivity index (χ2v) is 6.13. The number of hydrogen-bond donors (Lipinski definition) is 1. The zero-order valence-electron chi connectivity index (χ0n) is 12.0. The summed E-state index contributed by atoms with van der Waals surface area (Å²) in [6.45, 7) is 4.30. The van der Waals surface area contributed by atoms with Crippen molar-refractivity contribution in [1.82, 2.24) is 15.3 Å². The summed E-state index contributed by atoms with van der Waals surface area (Å²) < 4.78 is 0. The summed E-state index contributed by atoms with van der Waals surface area (Å²) in [5, 5.41) is 3.38. The summed E-state index contributed by atoms with van der Waals surface area (Å²) in [5.41, 5.74) is 2.59. The zero-order chi connectivity index (χ0) is 13.1. The molecule has 0 amide bonds. The van der Waals surface area contributed by atoms with E-state index in [4.69, 9.17) is 4.98 Å². The number of fused-ring (bicyclic) bond motifs is 1. The fraction of sp³-hybridized carbons (Fsp3) is 0.750. The van der Waals surface area contributed by atoms with Gasteiger partial charge in [0, 0.05) is 42.9 Å². The number of hydrogen-bond acceptors (Lipinski definition) is 3. The lowest BCUT2D eigenvalue weighted by Crippen LogP contribution is -2.26. The van der Waals surface area contributed by atoms with Crippen LogP contribution in [0.5, 0.6) is 0 Å². The van der Waals surface area contributed by atoms with Crippen LogP contribution >= 0.6 is 0 Å². The van der Waals surface area contributed by atoms with Crippen LogP contribution in [0.25, 0.3) is 0 Å². The largest absolute Gasteiger partial charge is 0.312 e. The molecule has 1 N–H and O–H groups in total. The smallest absolute Gasteiger partial charge is 0.131 e. The van der Waals surface area contributed by atoms with Crippen LogP contribution in [-0.2, 0) is 13.0 Å². The Morgan fingerprint density at radius 1 is 1.26 bits per heavy atom. The van der Waals surface area contributed by atoms with E-state index >= 15 is 0 Å². The summed E-state index contributed by atoms with van der Waals surface area (Å²) in [6.07, 6.45) is 11.2. The van der Waals surface area contributed by atoms with E-state index in [0.29, 0.717) is 5.92 Å². The molecule has 0 radical (unpaired) electrons. The van der Waals surface area contributed by atoms with Gasteiger partial charge in [-0.05, 0) is 31.6 Å². The molecule has 1 aromatic rings. The molecule has 0 spiro atoms. The van der Waals surface area contributed by atoms with Crippen molar-refractivity contribution in [3.63, 3.8) is 0 Å². The molecule has 104 valence electrons. The van der Waals surface area contributed by atoms with Gasteiger partial charge < -0.3 is 5.32 Å². The third-order valence-corrected chi connectivity index (χ3v) is 4.74. The Hall–Kier alpha value is -0.960. The first-order chi connectivity index (χ1) is 9.36. The average Bonchev–Trinajstić information content (AvgIpc) is 2.48. The monoisotopic (exact) mass is 259 g/mol. The first-order valence-corrected chi connectivity index (χ1v) is 7.92. The molecule has 0 aromatic carbocycles. The molecule has 0 bridgehead atoms. The molecule has 3 rings (SSSR count). The highest BCUT2D eigenvalue weighted by molar-refractivity contribution is 5.21. The lowest BCUT2D eigenvalue weighted by atomic mass is 9.79. The van der Waals surface area contributed by atoms with Gasteiger partial charge in [0.05, 0.1) is 0 Å². The van der Waals surface area contributed by atoms with Crippen LogP contribution in [0.2, 0.25) is 0 Å². The third-order valence-electron chi connectivity index (χ3n) is 4.74. The molecule has 3 nitrogen and oxygen atoms in total. The molecule has 2 aliphatic rings. The maximum Gasteiger partial charge on any atom is 0.131 e. The van der Waals surface area contributed by atoms with E-state index in [1.54, 1.807) is 0 Å². The second kappa shape index (κ2) is 6.00. The van der Waals surface area contributed by atoms with Crippen LogP contribution in [0.15, 0.2) is 6.20 Å². The van der Waals surface area contributed by atoms with Crippen LogP contribution in [0.4, 0.5) is 0 Å². The lowest BCUT2D eigenvalue weighted by Gasteiger charge is -2.28. The quantitative estimate of drug-likeness (QED) is 0.906. The van der Waals surface area contributed by atoms with Gasteiger partial charge in [0.1, 0.15) is 5.82 Å². The number of nitrogens with zero attached hydrogens (tertiary/aromatic N) is 2. The molecule has 19 heavy (non-hydrogen) atoms. The van der Waals surface area contributed by atoms with Gasteiger partial charge in [-0.2, -0.15) is 0 Å². The Kier molecular flexibility index (Phi) is 4.12. The molecule has 1 saturated carbocycles. The predicted molar refractivity (Wildman–Crippen MR) is 77.0 cm³/mol. The highest BCUT2D eigenvalue weighted by Crippen LogP contribution is 2.36. The van der Waals surface area contributed by atoms with Crippen molar-refractivity contribution in [3.8, 4) is 0 Å². The van der Waals surface area contributed by atoms with Crippen LogP contribution < -0.4 is 5.32 Å². The van der Waals surface area contributed by atoms with Crippen molar-refractivity contribution >= 4 is 0 Å². The van der Waals surface area contributed by atoms with Gasteiger partial charge in [0.25, 0.3) is 0 Å². The molecular weight excluding hydrogens is 234 g/mol. The Morgan fingerprint density at radius 3 is 2.89 bits per heavy atom. The van der Waals surface area contributed by atoms with Crippen LogP contribution in [0.3, 0.4) is 0 Å². The Labute approximate surface area is 116 Å². The SMILES string of the molecule is CCCC1CCC(c2ncc3c(n2)CCNC3)CC1. The number of aromatic nitrogens is 2. The molecule has 3 heteroatoms. The summed E-state index contributed by atoms with van der Waals surface area (Å²) in [7, 11) is 0. The van der Waals surface area contributed by atoms with Crippen molar-refractivity contribution in [2.45, 2.75) is 64.3 Å². The predicted octanol–water partition coefficient (Wildman–Crippen LogP) is 3.20. The van der Waals surface area contributed by atoms with E-state index in [-0.39, 0.29) is 0 Å². The Morgan fingerprint density at radius 2 is 2.11 bits per heavy atom.